The minimum atomic E-state index is -4.87. The van der Waals surface area contributed by atoms with Crippen molar-refractivity contribution in [2.45, 2.75) is 106 Å². The van der Waals surface area contributed by atoms with Crippen LogP contribution in [0.15, 0.2) is 82.6 Å². The average Bonchev–Trinajstić information content (AvgIpc) is 4.00. The topological polar surface area (TPSA) is 114 Å². The van der Waals surface area contributed by atoms with Gasteiger partial charge in [-0.15, -0.1) is 0 Å². The Morgan fingerprint density at radius 2 is 1.11 bits per heavy atom. The smallest absolute Gasteiger partial charge is 0.399 e. The van der Waals surface area contributed by atoms with E-state index in [2.05, 4.69) is 0 Å². The number of alkyl halides is 3. The predicted molar refractivity (Wildman–Crippen MR) is 254 cm³/mol. The van der Waals surface area contributed by atoms with E-state index in [1.54, 1.807) is 75.1 Å². The molecule has 3 aliphatic rings. The van der Waals surface area contributed by atoms with Gasteiger partial charge in [0.15, 0.2) is 19.7 Å². The first-order valence-electron chi connectivity index (χ1n) is 21.0. The van der Waals surface area contributed by atoms with Crippen molar-refractivity contribution in [3.8, 4) is 0 Å². The summed E-state index contributed by atoms with van der Waals surface area (Å²) in [6.07, 6.45) is -0.754. The molecular formula is C46H47Cl4F3N2O7S2Si. The number of aromatic nitrogens is 2. The molecule has 0 bridgehead atoms. The molecule has 9 rings (SSSR count). The first-order chi connectivity index (χ1) is 30.4. The number of hydrogen-bond donors (Lipinski definition) is 0. The van der Waals surface area contributed by atoms with Crippen molar-refractivity contribution in [1.82, 2.24) is 7.94 Å². The van der Waals surface area contributed by atoms with Gasteiger partial charge >= 0.3 is 6.18 Å². The molecule has 2 aliphatic carbocycles. The Balaban J connectivity index is 0.000000179. The van der Waals surface area contributed by atoms with Gasteiger partial charge in [-0.25, -0.2) is 24.8 Å². The van der Waals surface area contributed by atoms with Crippen LogP contribution in [-0.4, -0.2) is 58.3 Å². The van der Waals surface area contributed by atoms with Gasteiger partial charge in [-0.3, -0.25) is 4.79 Å². The zero-order chi connectivity index (χ0) is 47.4. The number of nitrogens with zero attached hydrogens (tertiary/aromatic N) is 2. The van der Waals surface area contributed by atoms with Crippen LogP contribution in [0, 0.1) is 13.8 Å². The molecule has 1 saturated heterocycles. The number of hydrogen-bond acceptors (Lipinski definition) is 7. The third-order valence-electron chi connectivity index (χ3n) is 11.5. The van der Waals surface area contributed by atoms with Gasteiger partial charge in [0, 0.05) is 30.4 Å². The molecule has 65 heavy (non-hydrogen) atoms. The molecule has 0 saturated carbocycles. The second-order valence-corrected chi connectivity index (χ2v) is 26.9. The van der Waals surface area contributed by atoms with Crippen LogP contribution in [0.5, 0.6) is 0 Å². The largest absolute Gasteiger partial charge is 0.422 e. The molecule has 0 N–H and O–H groups in total. The van der Waals surface area contributed by atoms with Gasteiger partial charge in [0.25, 0.3) is 20.0 Å². The van der Waals surface area contributed by atoms with Crippen molar-refractivity contribution < 1.29 is 44.0 Å². The van der Waals surface area contributed by atoms with Crippen LogP contribution in [0.1, 0.15) is 77.0 Å². The summed E-state index contributed by atoms with van der Waals surface area (Å²) in [7, 11) is -11.2. The third-order valence-corrected chi connectivity index (χ3v) is 17.5. The molecular weight excluding hydrogens is 984 g/mol. The minimum Gasteiger partial charge on any atom is -0.399 e. The second kappa shape index (κ2) is 18.6. The van der Waals surface area contributed by atoms with Crippen LogP contribution in [0.25, 0.3) is 21.8 Å². The zero-order valence-electron chi connectivity index (χ0n) is 36.2. The van der Waals surface area contributed by atoms with E-state index in [1.807, 2.05) is 6.92 Å². The Morgan fingerprint density at radius 1 is 0.646 bits per heavy atom. The van der Waals surface area contributed by atoms with Crippen LogP contribution in [0.2, 0.25) is 39.7 Å². The summed E-state index contributed by atoms with van der Waals surface area (Å²) in [5.41, 5.74) is 0.0744. The van der Waals surface area contributed by atoms with Crippen molar-refractivity contribution in [2.75, 3.05) is 13.2 Å². The number of benzene rings is 4. The fourth-order valence-corrected chi connectivity index (χ4v) is 14.0. The van der Waals surface area contributed by atoms with Gasteiger partial charge in [0.1, 0.15) is 5.69 Å². The average molecular weight is 1030 g/mol. The van der Waals surface area contributed by atoms with Crippen molar-refractivity contribution >= 4 is 102 Å². The summed E-state index contributed by atoms with van der Waals surface area (Å²) in [5, 5.41) is 1.55. The summed E-state index contributed by atoms with van der Waals surface area (Å²) >= 11 is 25.2. The van der Waals surface area contributed by atoms with E-state index in [0.29, 0.717) is 40.8 Å². The van der Waals surface area contributed by atoms with Crippen molar-refractivity contribution in [3.05, 3.63) is 127 Å². The Bertz CT molecular complexity index is 3030. The Kier molecular flexibility index (Phi) is 14.2. The number of carbonyl (C=O) groups is 1. The molecule has 0 radical (unpaired) electrons. The number of halogens is 7. The van der Waals surface area contributed by atoms with Gasteiger partial charge in [-0.1, -0.05) is 81.8 Å². The summed E-state index contributed by atoms with van der Waals surface area (Å²) in [6.45, 7) is 10.6. The molecule has 19 heteroatoms. The Labute approximate surface area is 397 Å². The lowest BCUT2D eigenvalue weighted by Gasteiger charge is -2.43. The zero-order valence-corrected chi connectivity index (χ0v) is 41.9. The molecule has 2 aromatic heterocycles. The molecule has 1 fully saturated rings. The van der Waals surface area contributed by atoms with Gasteiger partial charge in [-0.2, -0.15) is 13.2 Å². The van der Waals surface area contributed by atoms with Crippen LogP contribution in [-0.2, 0) is 47.7 Å². The first-order valence-corrected chi connectivity index (χ1v) is 28.8. The Morgan fingerprint density at radius 3 is 1.57 bits per heavy atom. The molecule has 3 heterocycles. The van der Waals surface area contributed by atoms with Crippen molar-refractivity contribution in [2.24, 2.45) is 0 Å². The van der Waals surface area contributed by atoms with E-state index in [-0.39, 0.29) is 65.6 Å². The van der Waals surface area contributed by atoms with Gasteiger partial charge in [0.2, 0.25) is 0 Å². The molecule has 348 valence electrons. The van der Waals surface area contributed by atoms with Crippen LogP contribution in [0.3, 0.4) is 0 Å². The molecule has 1 aliphatic heterocycles. The van der Waals surface area contributed by atoms with Crippen molar-refractivity contribution in [3.63, 3.8) is 0 Å². The summed E-state index contributed by atoms with van der Waals surface area (Å²) < 4.78 is 112. The standard InChI is InChI=1S/C23H24Cl2F3NO3SSi.C19H15Cl2NO3S.C4H8O/c1-14-7-9-15(10-8-14)33(30,31)29-18-12-11-17(24)20(25)19(18)16-6-5-13-22(21(16)29,23(26,27)28)32-34(2,3)4;1-11-5-7-12(8-6-11)26(24,25)22-15-10-9-14(20)18(21)17(15)13-3-2-4-16(23)19(13)22;1-2-4-5-3-1/h7-12H,5-6,13H2,1-4H3;5-10H,2-4H2,1H3;1-4H2. The summed E-state index contributed by atoms with van der Waals surface area (Å²) in [6, 6.07) is 18.5. The fourth-order valence-electron chi connectivity index (χ4n) is 8.67. The van der Waals surface area contributed by atoms with Crippen LogP contribution < -0.4 is 0 Å². The molecule has 4 aromatic carbocycles. The predicted octanol–water partition coefficient (Wildman–Crippen LogP) is 13.2. The molecule has 0 amide bonds. The molecule has 6 aromatic rings. The van der Waals surface area contributed by atoms with E-state index in [9.17, 15) is 34.8 Å². The molecule has 1 atom stereocenters. The first kappa shape index (κ1) is 49.5. The van der Waals surface area contributed by atoms with E-state index >= 15 is 0 Å². The van der Waals surface area contributed by atoms with E-state index < -0.39 is 52.3 Å². The maximum atomic E-state index is 15.0. The van der Waals surface area contributed by atoms with Crippen LogP contribution >= 0.6 is 46.4 Å². The van der Waals surface area contributed by atoms with Gasteiger partial charge in [-0.05, 0) is 138 Å². The van der Waals surface area contributed by atoms with E-state index in [4.69, 9.17) is 55.6 Å². The fraction of sp³-hybridized carbons (Fsp3) is 0.370. The van der Waals surface area contributed by atoms with Gasteiger partial charge in [0.05, 0.1) is 46.6 Å². The van der Waals surface area contributed by atoms with Gasteiger partial charge < -0.3 is 9.16 Å². The number of aryl methyl sites for hydroxylation is 4. The number of rotatable bonds is 6. The highest BCUT2D eigenvalue weighted by Gasteiger charge is 2.63. The minimum absolute atomic E-state index is 0.0271. The summed E-state index contributed by atoms with van der Waals surface area (Å²) in [4.78, 5) is 12.6. The lowest BCUT2D eigenvalue weighted by molar-refractivity contribution is -0.264. The number of Topliss-reactive ketones (excluding diaryl/α,β-unsaturated/α-hetero) is 1. The van der Waals surface area contributed by atoms with E-state index in [1.165, 1.54) is 37.1 Å². The normalized spacial score (nSPS) is 17.9. The monoisotopic (exact) mass is 1030 g/mol. The number of ketones is 1. The quantitative estimate of drug-likeness (QED) is 0.153. The van der Waals surface area contributed by atoms with Crippen molar-refractivity contribution in [1.29, 1.82) is 0 Å². The number of ether oxygens (including phenoxy) is 1. The van der Waals surface area contributed by atoms with Crippen LogP contribution in [0.4, 0.5) is 13.2 Å². The summed E-state index contributed by atoms with van der Waals surface area (Å²) in [5.74, 6) is -0.190. The van der Waals surface area contributed by atoms with E-state index in [0.717, 1.165) is 32.3 Å². The maximum absolute atomic E-state index is 15.0. The Hall–Kier alpha value is -3.38. The maximum Gasteiger partial charge on any atom is 0.422 e. The number of fused-ring (bicyclic) bond motifs is 6. The molecule has 0 spiro atoms. The highest BCUT2D eigenvalue weighted by Crippen LogP contribution is 2.55. The second-order valence-electron chi connectivity index (χ2n) is 17.3. The lowest BCUT2D eigenvalue weighted by Crippen LogP contribution is -2.53. The highest BCUT2D eigenvalue weighted by atomic mass is 35.5. The third kappa shape index (κ3) is 9.30. The highest BCUT2D eigenvalue weighted by molar-refractivity contribution is 7.90. The lowest BCUT2D eigenvalue weighted by atomic mass is 9.82. The molecule has 1 unspecified atom stereocenters. The molecule has 9 nitrogen and oxygen atoms in total. The SMILES string of the molecule is C1CCOC1.Cc1ccc(S(=O)(=O)n2c3c(c4c(Cl)c(Cl)ccc42)CCCC3(O[Si](C)(C)C)C(F)(F)F)cc1.Cc1ccc(S(=O)(=O)n2c3c(c4c(Cl)c(Cl)ccc42)CCCC3=O)cc1. The number of carbonyl (C=O) groups excluding carboxylic acids is 1.